The third-order valence-corrected chi connectivity index (χ3v) is 5.32. The highest BCUT2D eigenvalue weighted by Crippen LogP contribution is 2.30. The summed E-state index contributed by atoms with van der Waals surface area (Å²) in [6.07, 6.45) is 1.62. The molecule has 24 heavy (non-hydrogen) atoms. The molecule has 2 heterocycles. The van der Waals surface area contributed by atoms with Crippen LogP contribution in [0.3, 0.4) is 0 Å². The van der Waals surface area contributed by atoms with Gasteiger partial charge < -0.3 is 9.52 Å². The van der Waals surface area contributed by atoms with Crippen LogP contribution in [0.5, 0.6) is 0 Å². The quantitative estimate of drug-likeness (QED) is 0.831. The van der Waals surface area contributed by atoms with Gasteiger partial charge in [-0.3, -0.25) is 9.69 Å². The highest BCUT2D eigenvalue weighted by atomic mass is 35.5. The van der Waals surface area contributed by atoms with Gasteiger partial charge in [0.1, 0.15) is 11.5 Å². The number of hydrogen-bond acceptors (Lipinski definition) is 3. The molecule has 1 aliphatic heterocycles. The molecule has 1 fully saturated rings. The van der Waals surface area contributed by atoms with E-state index in [-0.39, 0.29) is 5.92 Å². The Morgan fingerprint density at radius 2 is 2.04 bits per heavy atom. The number of likely N-dealkylation sites (tertiary alicyclic amines) is 1. The van der Waals surface area contributed by atoms with Crippen LogP contribution in [0.1, 0.15) is 25.5 Å². The average molecular weight is 368 g/mol. The summed E-state index contributed by atoms with van der Waals surface area (Å²) in [7, 11) is 0. The number of nitrogens with zero attached hydrogens (tertiary/aromatic N) is 1. The molecule has 0 radical (unpaired) electrons. The van der Waals surface area contributed by atoms with Gasteiger partial charge >= 0.3 is 5.97 Å². The van der Waals surface area contributed by atoms with Crippen LogP contribution in [0.15, 0.2) is 34.7 Å². The van der Waals surface area contributed by atoms with E-state index in [4.69, 9.17) is 27.6 Å². The molecule has 2 unspecified atom stereocenters. The van der Waals surface area contributed by atoms with Crippen molar-refractivity contribution in [1.29, 1.82) is 0 Å². The van der Waals surface area contributed by atoms with Crippen molar-refractivity contribution in [3.8, 4) is 11.3 Å². The number of carboxylic acid groups (broad SMARTS) is 1. The summed E-state index contributed by atoms with van der Waals surface area (Å²) in [5.41, 5.74) is 0.866. The lowest BCUT2D eigenvalue weighted by Crippen LogP contribution is -2.43. The van der Waals surface area contributed by atoms with Crippen molar-refractivity contribution in [2.24, 2.45) is 5.92 Å². The van der Waals surface area contributed by atoms with Crippen LogP contribution in [0, 0.1) is 5.92 Å². The van der Waals surface area contributed by atoms with E-state index in [9.17, 15) is 9.90 Å². The van der Waals surface area contributed by atoms with Gasteiger partial charge in [0.25, 0.3) is 0 Å². The van der Waals surface area contributed by atoms with Gasteiger partial charge in [-0.1, -0.05) is 23.2 Å². The molecular weight excluding hydrogens is 349 g/mol. The van der Waals surface area contributed by atoms with E-state index in [1.54, 1.807) is 12.1 Å². The molecule has 1 aromatic heterocycles. The summed E-state index contributed by atoms with van der Waals surface area (Å²) < 4.78 is 5.92. The number of carbonyl (C=O) groups is 1. The fourth-order valence-corrected chi connectivity index (χ4v) is 3.37. The first-order chi connectivity index (χ1) is 11.4. The Hall–Kier alpha value is -1.49. The van der Waals surface area contributed by atoms with Crippen molar-refractivity contribution in [2.75, 3.05) is 6.54 Å². The Kier molecular flexibility index (Phi) is 5.18. The predicted molar refractivity (Wildman–Crippen MR) is 94.4 cm³/mol. The van der Waals surface area contributed by atoms with Crippen molar-refractivity contribution in [1.82, 2.24) is 4.90 Å². The second-order valence-electron chi connectivity index (χ2n) is 6.29. The molecule has 0 spiro atoms. The second kappa shape index (κ2) is 7.18. The summed E-state index contributed by atoms with van der Waals surface area (Å²) in [6.45, 7) is 3.28. The van der Waals surface area contributed by atoms with Gasteiger partial charge in [0, 0.05) is 18.2 Å². The van der Waals surface area contributed by atoms with Gasteiger partial charge in [-0.05, 0) is 50.1 Å². The molecule has 0 saturated carbocycles. The molecule has 0 bridgehead atoms. The van der Waals surface area contributed by atoms with Gasteiger partial charge in [-0.25, -0.2) is 0 Å². The van der Waals surface area contributed by atoms with Gasteiger partial charge in [0.15, 0.2) is 0 Å². The first-order valence-electron chi connectivity index (χ1n) is 7.95. The first-order valence-corrected chi connectivity index (χ1v) is 8.70. The lowest BCUT2D eigenvalue weighted by molar-refractivity contribution is -0.144. The summed E-state index contributed by atoms with van der Waals surface area (Å²) in [4.78, 5) is 13.4. The smallest absolute Gasteiger partial charge is 0.307 e. The van der Waals surface area contributed by atoms with Crippen LogP contribution >= 0.6 is 23.2 Å². The minimum atomic E-state index is -0.720. The van der Waals surface area contributed by atoms with E-state index in [1.165, 1.54) is 0 Å². The van der Waals surface area contributed by atoms with Crippen LogP contribution in [-0.4, -0.2) is 28.6 Å². The minimum absolute atomic E-state index is 0.300. The zero-order chi connectivity index (χ0) is 17.3. The maximum Gasteiger partial charge on any atom is 0.307 e. The van der Waals surface area contributed by atoms with E-state index in [2.05, 4.69) is 11.8 Å². The highest BCUT2D eigenvalue weighted by Gasteiger charge is 2.30. The van der Waals surface area contributed by atoms with Crippen LogP contribution in [0.25, 0.3) is 11.3 Å². The summed E-state index contributed by atoms with van der Waals surface area (Å²) >= 11 is 12.0. The number of rotatable bonds is 4. The fraction of sp³-hybridized carbons (Fsp3) is 0.389. The zero-order valence-electron chi connectivity index (χ0n) is 13.3. The molecule has 1 aromatic carbocycles. The fourth-order valence-electron chi connectivity index (χ4n) is 3.07. The number of aliphatic carboxylic acids is 1. The van der Waals surface area contributed by atoms with E-state index in [0.29, 0.717) is 29.2 Å². The lowest BCUT2D eigenvalue weighted by Gasteiger charge is -2.35. The Morgan fingerprint density at radius 3 is 2.75 bits per heavy atom. The molecule has 0 amide bonds. The van der Waals surface area contributed by atoms with Crippen molar-refractivity contribution in [2.45, 2.75) is 32.4 Å². The Bertz CT molecular complexity index is 744. The van der Waals surface area contributed by atoms with Crippen LogP contribution in [-0.2, 0) is 11.3 Å². The number of halogens is 2. The molecule has 2 aromatic rings. The second-order valence-corrected chi connectivity index (χ2v) is 7.10. The molecule has 6 heteroatoms. The highest BCUT2D eigenvalue weighted by molar-refractivity contribution is 6.42. The number of carboxylic acids is 1. The molecule has 2 atom stereocenters. The van der Waals surface area contributed by atoms with Crippen molar-refractivity contribution in [3.63, 3.8) is 0 Å². The summed E-state index contributed by atoms with van der Waals surface area (Å²) in [6, 6.07) is 9.55. The third kappa shape index (κ3) is 3.77. The maximum atomic E-state index is 11.2. The monoisotopic (exact) mass is 367 g/mol. The zero-order valence-corrected chi connectivity index (χ0v) is 14.8. The number of furan rings is 1. The lowest BCUT2D eigenvalue weighted by atomic mass is 9.93. The summed E-state index contributed by atoms with van der Waals surface area (Å²) in [5, 5.41) is 10.2. The van der Waals surface area contributed by atoms with Crippen LogP contribution in [0.2, 0.25) is 10.0 Å². The molecular formula is C18H19Cl2NO3. The van der Waals surface area contributed by atoms with Crippen LogP contribution in [0.4, 0.5) is 0 Å². The summed E-state index contributed by atoms with van der Waals surface area (Å²) in [5.74, 6) is 0.519. The molecule has 0 aliphatic carbocycles. The van der Waals surface area contributed by atoms with Crippen molar-refractivity contribution in [3.05, 3.63) is 46.1 Å². The van der Waals surface area contributed by atoms with E-state index in [0.717, 1.165) is 29.9 Å². The SMILES string of the molecule is CC1CCC(C(=O)O)CN1Cc1ccc(-c2ccc(Cl)c(Cl)c2)o1. The largest absolute Gasteiger partial charge is 0.481 e. The first kappa shape index (κ1) is 17.3. The van der Waals surface area contributed by atoms with Crippen molar-refractivity contribution >= 4 is 29.2 Å². The number of piperidine rings is 1. The Morgan fingerprint density at radius 1 is 1.25 bits per heavy atom. The van der Waals surface area contributed by atoms with Gasteiger partial charge in [-0.15, -0.1) is 0 Å². The Labute approximate surface area is 151 Å². The van der Waals surface area contributed by atoms with Gasteiger partial charge in [-0.2, -0.15) is 0 Å². The van der Waals surface area contributed by atoms with Gasteiger partial charge in [0.2, 0.25) is 0 Å². The molecule has 1 N–H and O–H groups in total. The van der Waals surface area contributed by atoms with E-state index in [1.807, 2.05) is 18.2 Å². The Balaban J connectivity index is 1.73. The average Bonchev–Trinajstić information content (AvgIpc) is 3.00. The molecule has 4 nitrogen and oxygen atoms in total. The molecule has 3 rings (SSSR count). The third-order valence-electron chi connectivity index (χ3n) is 4.59. The number of benzene rings is 1. The maximum absolute atomic E-state index is 11.2. The molecule has 128 valence electrons. The van der Waals surface area contributed by atoms with Gasteiger partial charge in [0.05, 0.1) is 22.5 Å². The van der Waals surface area contributed by atoms with E-state index < -0.39 is 5.97 Å². The predicted octanol–water partition coefficient (Wildman–Crippen LogP) is 4.94. The topological polar surface area (TPSA) is 53.7 Å². The molecule has 1 aliphatic rings. The normalized spacial score (nSPS) is 21.8. The van der Waals surface area contributed by atoms with Crippen LogP contribution < -0.4 is 0 Å². The standard InChI is InChI=1S/C18H19Cl2NO3/c1-11-2-3-13(18(22)23)9-21(11)10-14-5-7-17(24-14)12-4-6-15(19)16(20)8-12/h4-8,11,13H,2-3,9-10H2,1H3,(H,22,23). The number of hydrogen-bond donors (Lipinski definition) is 1. The molecule has 1 saturated heterocycles. The minimum Gasteiger partial charge on any atom is -0.481 e. The van der Waals surface area contributed by atoms with E-state index >= 15 is 0 Å². The van der Waals surface area contributed by atoms with Crippen molar-refractivity contribution < 1.29 is 14.3 Å².